The van der Waals surface area contributed by atoms with Crippen molar-refractivity contribution in [3.63, 3.8) is 0 Å². The summed E-state index contributed by atoms with van der Waals surface area (Å²) in [4.78, 5) is 30.8. The number of carboxylic acids is 1. The molecular weight excluding hydrogens is 382 g/mol. The number of carboxylic acid groups (broad SMARTS) is 1. The van der Waals surface area contributed by atoms with Crippen LogP contribution in [0.2, 0.25) is 5.02 Å². The van der Waals surface area contributed by atoms with Gasteiger partial charge in [0.05, 0.1) is 17.0 Å². The number of aliphatic carboxylic acids is 1. The van der Waals surface area contributed by atoms with Crippen LogP contribution in [0.5, 0.6) is 0 Å². The highest BCUT2D eigenvalue weighted by Crippen LogP contribution is 2.24. The summed E-state index contributed by atoms with van der Waals surface area (Å²) in [6.07, 6.45) is 3.07. The van der Waals surface area contributed by atoms with Gasteiger partial charge in [0.1, 0.15) is 0 Å². The number of carbonyl (C=O) groups is 2. The number of hydrogen-bond donors (Lipinski definition) is 2. The average molecular weight is 398 g/mol. The van der Waals surface area contributed by atoms with Gasteiger partial charge in [0, 0.05) is 36.0 Å². The van der Waals surface area contributed by atoms with Gasteiger partial charge in [0.15, 0.2) is 5.82 Å². The molecule has 2 N–H and O–H groups in total. The zero-order valence-corrected chi connectivity index (χ0v) is 15.5. The second-order valence-corrected chi connectivity index (χ2v) is 7.93. The lowest BCUT2D eigenvalue weighted by molar-refractivity contribution is -0.136. The zero-order valence-electron chi connectivity index (χ0n) is 13.1. The summed E-state index contributed by atoms with van der Waals surface area (Å²) in [6.45, 7) is 0.482. The lowest BCUT2D eigenvalue weighted by atomic mass is 10.2. The summed E-state index contributed by atoms with van der Waals surface area (Å²) in [6, 6.07) is 7.24. The topological polar surface area (TPSA) is 92.2 Å². The van der Waals surface area contributed by atoms with Gasteiger partial charge in [-0.15, -0.1) is 0 Å². The average Bonchev–Trinajstić information content (AvgIpc) is 2.61. The van der Waals surface area contributed by atoms with Crippen LogP contribution >= 0.6 is 33.2 Å². The molecule has 25 heavy (non-hydrogen) atoms. The molecular formula is C16H16ClN3O3S2. The number of rotatable bonds is 9. The molecule has 0 radical (unpaired) electrons. The van der Waals surface area contributed by atoms with E-state index in [9.17, 15) is 9.59 Å². The van der Waals surface area contributed by atoms with Gasteiger partial charge in [-0.2, -0.15) is 0 Å². The van der Waals surface area contributed by atoms with Crippen molar-refractivity contribution in [3.8, 4) is 11.4 Å². The van der Waals surface area contributed by atoms with E-state index in [1.807, 2.05) is 18.2 Å². The van der Waals surface area contributed by atoms with Gasteiger partial charge in [-0.05, 0) is 12.1 Å². The molecule has 1 amide bonds. The van der Waals surface area contributed by atoms with Crippen molar-refractivity contribution in [2.75, 3.05) is 18.1 Å². The molecule has 0 aliphatic carbocycles. The molecule has 0 saturated heterocycles. The second kappa shape index (κ2) is 10.3. The Kier molecular flexibility index (Phi) is 8.03. The molecule has 132 valence electrons. The number of benzene rings is 1. The molecule has 0 spiro atoms. The molecule has 9 heteroatoms. The summed E-state index contributed by atoms with van der Waals surface area (Å²) >= 11 is 6.10. The van der Waals surface area contributed by atoms with E-state index in [2.05, 4.69) is 15.3 Å². The highest BCUT2D eigenvalue weighted by atomic mass is 35.5. The number of amides is 1. The van der Waals surface area contributed by atoms with Crippen LogP contribution in [0, 0.1) is 0 Å². The second-order valence-electron chi connectivity index (χ2n) is 4.82. The molecule has 0 atom stereocenters. The maximum absolute atomic E-state index is 12.0. The lowest BCUT2D eigenvalue weighted by Gasteiger charge is -2.06. The molecule has 6 nitrogen and oxygen atoms in total. The quantitative estimate of drug-likeness (QED) is 0.495. The summed E-state index contributed by atoms with van der Waals surface area (Å²) in [5.41, 5.74) is 1.09. The van der Waals surface area contributed by atoms with Crippen molar-refractivity contribution in [3.05, 3.63) is 47.2 Å². The number of nitrogens with zero attached hydrogens (tertiary/aromatic N) is 2. The highest BCUT2D eigenvalue weighted by Gasteiger charge is 2.09. The van der Waals surface area contributed by atoms with Crippen LogP contribution in [0.25, 0.3) is 11.4 Å². The Morgan fingerprint density at radius 2 is 1.80 bits per heavy atom. The van der Waals surface area contributed by atoms with Crippen molar-refractivity contribution in [1.82, 2.24) is 15.3 Å². The molecule has 0 saturated carbocycles. The number of aromatic nitrogens is 2. The van der Waals surface area contributed by atoms with Crippen LogP contribution in [-0.4, -0.2) is 45.0 Å². The predicted molar refractivity (Wildman–Crippen MR) is 102 cm³/mol. The summed E-state index contributed by atoms with van der Waals surface area (Å²) in [5.74, 6) is 0.649. The zero-order chi connectivity index (χ0) is 18.1. The summed E-state index contributed by atoms with van der Waals surface area (Å²) < 4.78 is 0. The van der Waals surface area contributed by atoms with Gasteiger partial charge in [-0.25, -0.2) is 9.97 Å². The smallest absolute Gasteiger partial charge is 0.304 e. The SMILES string of the molecule is O=C(O)CCSSCCNC(=O)c1cnc(-c2ccccc2Cl)nc1. The fourth-order valence-electron chi connectivity index (χ4n) is 1.78. The molecule has 1 heterocycles. The van der Waals surface area contributed by atoms with E-state index < -0.39 is 5.97 Å². The standard InChI is InChI=1S/C16H16ClN3O3S2/c17-13-4-2-1-3-12(13)15-19-9-11(10-20-15)16(23)18-6-8-25-24-7-5-14(21)22/h1-4,9-10H,5-8H2,(H,18,23)(H,21,22). The van der Waals surface area contributed by atoms with Crippen LogP contribution in [0.4, 0.5) is 0 Å². The summed E-state index contributed by atoms with van der Waals surface area (Å²) in [5, 5.41) is 11.9. The predicted octanol–water partition coefficient (Wildman–Crippen LogP) is 3.38. The van der Waals surface area contributed by atoms with E-state index in [1.165, 1.54) is 34.0 Å². The maximum Gasteiger partial charge on any atom is 0.304 e. The fraction of sp³-hybridized carbons (Fsp3) is 0.250. The number of carbonyl (C=O) groups excluding carboxylic acids is 1. The first-order chi connectivity index (χ1) is 12.1. The van der Waals surface area contributed by atoms with E-state index in [0.29, 0.717) is 40.0 Å². The molecule has 2 rings (SSSR count). The van der Waals surface area contributed by atoms with E-state index in [4.69, 9.17) is 16.7 Å². The van der Waals surface area contributed by atoms with E-state index in [-0.39, 0.29) is 12.3 Å². The van der Waals surface area contributed by atoms with Crippen molar-refractivity contribution in [2.45, 2.75) is 6.42 Å². The Labute approximate surface area is 158 Å². The third-order valence-corrected chi connectivity index (χ3v) is 5.72. The maximum atomic E-state index is 12.0. The Bertz CT molecular complexity index is 729. The molecule has 0 bridgehead atoms. The Hall–Kier alpha value is -1.77. The van der Waals surface area contributed by atoms with Gasteiger partial charge in [-0.1, -0.05) is 45.3 Å². The van der Waals surface area contributed by atoms with Crippen molar-refractivity contribution >= 4 is 45.1 Å². The normalized spacial score (nSPS) is 10.4. The Morgan fingerprint density at radius 3 is 2.48 bits per heavy atom. The van der Waals surface area contributed by atoms with Gasteiger partial charge < -0.3 is 10.4 Å². The molecule has 2 aromatic rings. The Balaban J connectivity index is 1.77. The fourth-order valence-corrected chi connectivity index (χ4v) is 3.89. The van der Waals surface area contributed by atoms with Gasteiger partial charge >= 0.3 is 5.97 Å². The van der Waals surface area contributed by atoms with E-state index in [0.717, 1.165) is 0 Å². The van der Waals surface area contributed by atoms with Gasteiger partial charge in [0.25, 0.3) is 5.91 Å². The third-order valence-electron chi connectivity index (χ3n) is 2.98. The van der Waals surface area contributed by atoms with Crippen LogP contribution in [-0.2, 0) is 4.79 Å². The monoisotopic (exact) mass is 397 g/mol. The summed E-state index contributed by atoms with van der Waals surface area (Å²) in [7, 11) is 3.00. The first-order valence-corrected chi connectivity index (χ1v) is 10.3. The minimum atomic E-state index is -0.804. The van der Waals surface area contributed by atoms with Crippen molar-refractivity contribution in [1.29, 1.82) is 0 Å². The number of halogens is 1. The molecule has 0 aliphatic rings. The van der Waals surface area contributed by atoms with Crippen LogP contribution < -0.4 is 5.32 Å². The van der Waals surface area contributed by atoms with Gasteiger partial charge in [-0.3, -0.25) is 9.59 Å². The van der Waals surface area contributed by atoms with Crippen LogP contribution in [0.3, 0.4) is 0 Å². The molecule has 1 aromatic carbocycles. The first kappa shape index (κ1) is 19.6. The van der Waals surface area contributed by atoms with Crippen molar-refractivity contribution < 1.29 is 14.7 Å². The first-order valence-electron chi connectivity index (χ1n) is 7.39. The third kappa shape index (κ3) is 6.56. The molecule has 0 aliphatic heterocycles. The molecule has 1 aromatic heterocycles. The van der Waals surface area contributed by atoms with Crippen LogP contribution in [0.15, 0.2) is 36.7 Å². The van der Waals surface area contributed by atoms with Gasteiger partial charge in [0.2, 0.25) is 0 Å². The number of nitrogens with one attached hydrogen (secondary N) is 1. The van der Waals surface area contributed by atoms with Crippen LogP contribution in [0.1, 0.15) is 16.8 Å². The molecule has 0 fully saturated rings. The lowest BCUT2D eigenvalue weighted by Crippen LogP contribution is -2.25. The largest absolute Gasteiger partial charge is 0.481 e. The van der Waals surface area contributed by atoms with E-state index >= 15 is 0 Å². The highest BCUT2D eigenvalue weighted by molar-refractivity contribution is 8.76. The minimum absolute atomic E-state index is 0.138. The number of hydrogen-bond acceptors (Lipinski definition) is 6. The van der Waals surface area contributed by atoms with Crippen molar-refractivity contribution in [2.24, 2.45) is 0 Å². The minimum Gasteiger partial charge on any atom is -0.481 e. The van der Waals surface area contributed by atoms with E-state index in [1.54, 1.807) is 6.07 Å². The molecule has 0 unspecified atom stereocenters. The Morgan fingerprint density at radius 1 is 1.12 bits per heavy atom.